The molecule has 122 valence electrons. The molecule has 0 saturated heterocycles. The molecule has 0 bridgehead atoms. The molecule has 0 amide bonds. The summed E-state index contributed by atoms with van der Waals surface area (Å²) in [7, 11) is 0. The van der Waals surface area contributed by atoms with Gasteiger partial charge in [-0.3, -0.25) is 0 Å². The predicted octanol–water partition coefficient (Wildman–Crippen LogP) is 4.03. The molecule has 0 aliphatic carbocycles. The molecular weight excluding hydrogens is 325 g/mol. The SMILES string of the molecule is O=C(Oc1ccc2ccc(=O)oc2c1)c1cccc(C(F)(F)F)c1. The molecule has 24 heavy (non-hydrogen) atoms. The van der Waals surface area contributed by atoms with Crippen molar-refractivity contribution in [1.29, 1.82) is 0 Å². The Morgan fingerprint density at radius 2 is 1.75 bits per heavy atom. The lowest BCUT2D eigenvalue weighted by Gasteiger charge is -2.09. The molecule has 1 heterocycles. The number of alkyl halides is 3. The van der Waals surface area contributed by atoms with E-state index in [4.69, 9.17) is 9.15 Å². The second-order valence-corrected chi connectivity index (χ2v) is 4.92. The minimum Gasteiger partial charge on any atom is -0.423 e. The molecule has 7 heteroatoms. The van der Waals surface area contributed by atoms with Crippen LogP contribution in [0.2, 0.25) is 0 Å². The summed E-state index contributed by atoms with van der Waals surface area (Å²) in [5.41, 5.74) is -1.54. The molecule has 2 aromatic carbocycles. The van der Waals surface area contributed by atoms with Crippen LogP contribution < -0.4 is 10.4 Å². The van der Waals surface area contributed by atoms with E-state index in [1.54, 1.807) is 12.1 Å². The third-order valence-corrected chi connectivity index (χ3v) is 3.23. The normalized spacial score (nSPS) is 11.5. The molecule has 0 N–H and O–H groups in total. The van der Waals surface area contributed by atoms with Crippen LogP contribution in [-0.2, 0) is 6.18 Å². The van der Waals surface area contributed by atoms with Gasteiger partial charge in [0.25, 0.3) is 0 Å². The third-order valence-electron chi connectivity index (χ3n) is 3.23. The van der Waals surface area contributed by atoms with Gasteiger partial charge in [-0.05, 0) is 36.4 Å². The highest BCUT2D eigenvalue weighted by Gasteiger charge is 2.31. The van der Waals surface area contributed by atoms with E-state index in [1.807, 2.05) is 0 Å². The summed E-state index contributed by atoms with van der Waals surface area (Å²) >= 11 is 0. The maximum atomic E-state index is 12.7. The Morgan fingerprint density at radius 3 is 2.50 bits per heavy atom. The van der Waals surface area contributed by atoms with Crippen molar-refractivity contribution in [2.45, 2.75) is 6.18 Å². The molecule has 0 spiro atoms. The Labute approximate surface area is 133 Å². The number of halogens is 3. The maximum absolute atomic E-state index is 12.7. The lowest BCUT2D eigenvalue weighted by atomic mass is 10.1. The average Bonchev–Trinajstić information content (AvgIpc) is 2.54. The van der Waals surface area contributed by atoms with Crippen LogP contribution in [0.1, 0.15) is 15.9 Å². The molecule has 3 aromatic rings. The molecule has 3 rings (SSSR count). The van der Waals surface area contributed by atoms with E-state index in [9.17, 15) is 22.8 Å². The van der Waals surface area contributed by atoms with Gasteiger partial charge in [0, 0.05) is 17.5 Å². The van der Waals surface area contributed by atoms with Crippen LogP contribution in [0.15, 0.2) is 63.8 Å². The number of carbonyl (C=O) groups is 1. The highest BCUT2D eigenvalue weighted by Crippen LogP contribution is 2.30. The quantitative estimate of drug-likeness (QED) is 0.403. The molecule has 0 saturated carbocycles. The largest absolute Gasteiger partial charge is 0.423 e. The Kier molecular flexibility index (Phi) is 3.84. The van der Waals surface area contributed by atoms with E-state index >= 15 is 0 Å². The molecule has 0 unspecified atom stereocenters. The fourth-order valence-electron chi connectivity index (χ4n) is 2.09. The Morgan fingerprint density at radius 1 is 1.00 bits per heavy atom. The number of esters is 1. The fourth-order valence-corrected chi connectivity index (χ4v) is 2.09. The molecule has 4 nitrogen and oxygen atoms in total. The van der Waals surface area contributed by atoms with Crippen LogP contribution in [0.3, 0.4) is 0 Å². The molecule has 0 aliphatic heterocycles. The number of benzene rings is 2. The highest BCUT2D eigenvalue weighted by atomic mass is 19.4. The van der Waals surface area contributed by atoms with E-state index in [0.29, 0.717) is 11.5 Å². The van der Waals surface area contributed by atoms with Crippen LogP contribution in [0.4, 0.5) is 13.2 Å². The number of hydrogen-bond acceptors (Lipinski definition) is 4. The van der Waals surface area contributed by atoms with Gasteiger partial charge in [-0.15, -0.1) is 0 Å². The van der Waals surface area contributed by atoms with Crippen molar-refractivity contribution in [1.82, 2.24) is 0 Å². The van der Waals surface area contributed by atoms with Crippen LogP contribution >= 0.6 is 0 Å². The van der Waals surface area contributed by atoms with E-state index in [0.717, 1.165) is 12.1 Å². The smallest absolute Gasteiger partial charge is 0.416 e. The summed E-state index contributed by atoms with van der Waals surface area (Å²) < 4.78 is 48.0. The summed E-state index contributed by atoms with van der Waals surface area (Å²) in [6.45, 7) is 0. The number of hydrogen-bond donors (Lipinski definition) is 0. The summed E-state index contributed by atoms with van der Waals surface area (Å²) in [5.74, 6) is -0.891. The van der Waals surface area contributed by atoms with Crippen LogP contribution in [0.5, 0.6) is 5.75 Å². The monoisotopic (exact) mass is 334 g/mol. The summed E-state index contributed by atoms with van der Waals surface area (Å²) in [6.07, 6.45) is -4.55. The van der Waals surface area contributed by atoms with E-state index in [1.165, 1.54) is 24.3 Å². The molecule has 0 fully saturated rings. The Balaban J connectivity index is 1.88. The van der Waals surface area contributed by atoms with Gasteiger partial charge in [-0.2, -0.15) is 13.2 Å². The van der Waals surface area contributed by atoms with Crippen LogP contribution in [-0.4, -0.2) is 5.97 Å². The minimum absolute atomic E-state index is 0.0549. The first-order valence-corrected chi connectivity index (χ1v) is 6.76. The maximum Gasteiger partial charge on any atom is 0.416 e. The van der Waals surface area contributed by atoms with Crippen molar-refractivity contribution in [2.24, 2.45) is 0 Å². The predicted molar refractivity (Wildman–Crippen MR) is 78.9 cm³/mol. The van der Waals surface area contributed by atoms with Crippen molar-refractivity contribution in [3.05, 3.63) is 76.1 Å². The van der Waals surface area contributed by atoms with Crippen LogP contribution in [0.25, 0.3) is 11.0 Å². The number of rotatable bonds is 2. The first kappa shape index (κ1) is 15.8. The molecule has 1 aromatic heterocycles. The first-order chi connectivity index (χ1) is 11.3. The second kappa shape index (κ2) is 5.84. The Hall–Kier alpha value is -3.09. The van der Waals surface area contributed by atoms with Crippen molar-refractivity contribution in [3.8, 4) is 5.75 Å². The van der Waals surface area contributed by atoms with Gasteiger partial charge >= 0.3 is 17.8 Å². The molecular formula is C17H9F3O4. The summed E-state index contributed by atoms with van der Waals surface area (Å²) in [4.78, 5) is 23.2. The zero-order chi connectivity index (χ0) is 17.3. The van der Waals surface area contributed by atoms with Crippen LogP contribution in [0, 0.1) is 0 Å². The lowest BCUT2D eigenvalue weighted by molar-refractivity contribution is -0.137. The third kappa shape index (κ3) is 3.29. The Bertz CT molecular complexity index is 973. The topological polar surface area (TPSA) is 56.5 Å². The minimum atomic E-state index is -4.55. The first-order valence-electron chi connectivity index (χ1n) is 6.76. The van der Waals surface area contributed by atoms with Crippen molar-refractivity contribution in [3.63, 3.8) is 0 Å². The zero-order valence-corrected chi connectivity index (χ0v) is 12.0. The summed E-state index contributed by atoms with van der Waals surface area (Å²) in [6, 6.07) is 11.0. The standard InChI is InChI=1S/C17H9F3O4/c18-17(19,20)12-3-1-2-11(8-12)16(22)23-13-6-4-10-5-7-15(21)24-14(10)9-13/h1-9H. The number of carbonyl (C=O) groups excluding carboxylic acids is 1. The van der Waals surface area contributed by atoms with Crippen molar-refractivity contribution < 1.29 is 27.1 Å². The number of ether oxygens (including phenoxy) is 1. The van der Waals surface area contributed by atoms with Gasteiger partial charge < -0.3 is 9.15 Å². The van der Waals surface area contributed by atoms with Crippen molar-refractivity contribution in [2.75, 3.05) is 0 Å². The lowest BCUT2D eigenvalue weighted by Crippen LogP contribution is -2.11. The van der Waals surface area contributed by atoms with Gasteiger partial charge in [0.05, 0.1) is 11.1 Å². The molecule has 0 aliphatic rings. The van der Waals surface area contributed by atoms with Gasteiger partial charge in [0.15, 0.2) is 0 Å². The van der Waals surface area contributed by atoms with E-state index in [-0.39, 0.29) is 16.9 Å². The fraction of sp³-hybridized carbons (Fsp3) is 0.0588. The zero-order valence-electron chi connectivity index (χ0n) is 12.0. The molecule has 0 radical (unpaired) electrons. The van der Waals surface area contributed by atoms with Gasteiger partial charge in [0.1, 0.15) is 11.3 Å². The van der Waals surface area contributed by atoms with E-state index in [2.05, 4.69) is 0 Å². The second-order valence-electron chi connectivity index (χ2n) is 4.92. The van der Waals surface area contributed by atoms with E-state index < -0.39 is 23.3 Å². The van der Waals surface area contributed by atoms with Gasteiger partial charge in [-0.1, -0.05) is 6.07 Å². The van der Waals surface area contributed by atoms with Gasteiger partial charge in [-0.25, -0.2) is 9.59 Å². The van der Waals surface area contributed by atoms with Crippen molar-refractivity contribution >= 4 is 16.9 Å². The molecule has 0 atom stereocenters. The highest BCUT2D eigenvalue weighted by molar-refractivity contribution is 5.91. The number of fused-ring (bicyclic) bond motifs is 1. The van der Waals surface area contributed by atoms with Gasteiger partial charge in [0.2, 0.25) is 0 Å². The summed E-state index contributed by atoms with van der Waals surface area (Å²) in [5, 5.41) is 0.619. The average molecular weight is 334 g/mol.